The SMILES string of the molecule is COc1ccc2nc(-c3cc(C)ccc3OC)[nH]c2c1. The van der Waals surface area contributed by atoms with E-state index in [1.807, 2.05) is 30.3 Å². The number of hydrogen-bond donors (Lipinski definition) is 1. The van der Waals surface area contributed by atoms with Gasteiger partial charge < -0.3 is 14.5 Å². The molecule has 0 fully saturated rings. The molecule has 0 saturated carbocycles. The molecule has 0 aliphatic rings. The number of hydrogen-bond acceptors (Lipinski definition) is 3. The van der Waals surface area contributed by atoms with Crippen LogP contribution in [0.15, 0.2) is 36.4 Å². The predicted octanol–water partition coefficient (Wildman–Crippen LogP) is 3.56. The van der Waals surface area contributed by atoms with Gasteiger partial charge in [-0.1, -0.05) is 11.6 Å². The summed E-state index contributed by atoms with van der Waals surface area (Å²) >= 11 is 0. The van der Waals surface area contributed by atoms with E-state index in [1.165, 1.54) is 5.56 Å². The van der Waals surface area contributed by atoms with Crippen LogP contribution in [-0.2, 0) is 0 Å². The number of nitrogens with one attached hydrogen (secondary N) is 1. The Balaban J connectivity index is 2.17. The maximum atomic E-state index is 5.41. The quantitative estimate of drug-likeness (QED) is 0.790. The van der Waals surface area contributed by atoms with Gasteiger partial charge >= 0.3 is 0 Å². The van der Waals surface area contributed by atoms with E-state index in [4.69, 9.17) is 9.47 Å². The first-order chi connectivity index (χ1) is 9.71. The molecule has 0 aliphatic heterocycles. The van der Waals surface area contributed by atoms with Crippen LogP contribution in [-0.4, -0.2) is 24.2 Å². The molecule has 20 heavy (non-hydrogen) atoms. The molecular formula is C16H16N2O2. The molecule has 0 bridgehead atoms. The highest BCUT2D eigenvalue weighted by Crippen LogP contribution is 2.31. The van der Waals surface area contributed by atoms with Gasteiger partial charge in [-0.3, -0.25) is 0 Å². The third-order valence-electron chi connectivity index (χ3n) is 3.30. The molecule has 2 aromatic carbocycles. The third kappa shape index (κ3) is 2.09. The Hall–Kier alpha value is -2.49. The van der Waals surface area contributed by atoms with Gasteiger partial charge in [0.15, 0.2) is 0 Å². The Morgan fingerprint density at radius 2 is 1.85 bits per heavy atom. The molecule has 102 valence electrons. The lowest BCUT2D eigenvalue weighted by atomic mass is 10.1. The molecule has 0 radical (unpaired) electrons. The molecule has 0 spiro atoms. The number of imidazole rings is 1. The van der Waals surface area contributed by atoms with Crippen molar-refractivity contribution in [2.45, 2.75) is 6.92 Å². The number of aryl methyl sites for hydroxylation is 1. The second kappa shape index (κ2) is 4.89. The minimum atomic E-state index is 0.800. The summed E-state index contributed by atoms with van der Waals surface area (Å²) in [6, 6.07) is 11.8. The van der Waals surface area contributed by atoms with Gasteiger partial charge in [0.05, 0.1) is 30.8 Å². The highest BCUT2D eigenvalue weighted by Gasteiger charge is 2.11. The number of ether oxygens (including phenoxy) is 2. The first-order valence-corrected chi connectivity index (χ1v) is 6.40. The number of aromatic nitrogens is 2. The first-order valence-electron chi connectivity index (χ1n) is 6.40. The van der Waals surface area contributed by atoms with Crippen molar-refractivity contribution in [1.82, 2.24) is 9.97 Å². The van der Waals surface area contributed by atoms with Gasteiger partial charge in [-0.15, -0.1) is 0 Å². The minimum Gasteiger partial charge on any atom is -0.497 e. The minimum absolute atomic E-state index is 0.800. The molecule has 3 aromatic rings. The summed E-state index contributed by atoms with van der Waals surface area (Å²) in [5.74, 6) is 2.42. The Morgan fingerprint density at radius 1 is 1.00 bits per heavy atom. The van der Waals surface area contributed by atoms with E-state index in [1.54, 1.807) is 14.2 Å². The number of rotatable bonds is 3. The van der Waals surface area contributed by atoms with Gasteiger partial charge in [0, 0.05) is 6.07 Å². The topological polar surface area (TPSA) is 47.1 Å². The van der Waals surface area contributed by atoms with E-state index in [2.05, 4.69) is 23.0 Å². The molecule has 4 heteroatoms. The van der Waals surface area contributed by atoms with E-state index in [0.717, 1.165) is 33.9 Å². The summed E-state index contributed by atoms with van der Waals surface area (Å²) in [6.45, 7) is 2.05. The molecular weight excluding hydrogens is 252 g/mol. The molecule has 3 rings (SSSR count). The van der Waals surface area contributed by atoms with Crippen molar-refractivity contribution in [1.29, 1.82) is 0 Å². The van der Waals surface area contributed by atoms with Crippen LogP contribution in [0, 0.1) is 6.92 Å². The number of nitrogens with zero attached hydrogens (tertiary/aromatic N) is 1. The molecule has 0 aliphatic carbocycles. The van der Waals surface area contributed by atoms with Crippen LogP contribution in [0.1, 0.15) is 5.56 Å². The Labute approximate surface area is 117 Å². The van der Waals surface area contributed by atoms with E-state index in [9.17, 15) is 0 Å². The van der Waals surface area contributed by atoms with Crippen molar-refractivity contribution in [3.05, 3.63) is 42.0 Å². The highest BCUT2D eigenvalue weighted by atomic mass is 16.5. The van der Waals surface area contributed by atoms with Crippen molar-refractivity contribution >= 4 is 11.0 Å². The second-order valence-corrected chi connectivity index (χ2v) is 4.67. The molecule has 0 saturated heterocycles. The fraction of sp³-hybridized carbons (Fsp3) is 0.188. The summed E-state index contributed by atoms with van der Waals surface area (Å²) in [6.07, 6.45) is 0. The van der Waals surface area contributed by atoms with Crippen LogP contribution in [0.2, 0.25) is 0 Å². The van der Waals surface area contributed by atoms with Gasteiger partial charge in [0.2, 0.25) is 0 Å². The number of methoxy groups -OCH3 is 2. The lowest BCUT2D eigenvalue weighted by Crippen LogP contribution is -1.90. The fourth-order valence-electron chi connectivity index (χ4n) is 2.25. The van der Waals surface area contributed by atoms with E-state index < -0.39 is 0 Å². The number of H-pyrrole nitrogens is 1. The Bertz CT molecular complexity index is 762. The van der Waals surface area contributed by atoms with Crippen molar-refractivity contribution < 1.29 is 9.47 Å². The van der Waals surface area contributed by atoms with Crippen LogP contribution >= 0.6 is 0 Å². The summed E-state index contributed by atoms with van der Waals surface area (Å²) < 4.78 is 10.6. The van der Waals surface area contributed by atoms with Crippen molar-refractivity contribution in [3.63, 3.8) is 0 Å². The van der Waals surface area contributed by atoms with Crippen molar-refractivity contribution in [2.75, 3.05) is 14.2 Å². The van der Waals surface area contributed by atoms with Crippen LogP contribution in [0.3, 0.4) is 0 Å². The van der Waals surface area contributed by atoms with Crippen LogP contribution < -0.4 is 9.47 Å². The molecule has 0 amide bonds. The molecule has 0 unspecified atom stereocenters. The first kappa shape index (κ1) is 12.5. The second-order valence-electron chi connectivity index (χ2n) is 4.67. The van der Waals surface area contributed by atoms with Gasteiger partial charge in [-0.25, -0.2) is 4.98 Å². The molecule has 1 heterocycles. The Kier molecular flexibility index (Phi) is 3.06. The average molecular weight is 268 g/mol. The van der Waals surface area contributed by atoms with Gasteiger partial charge in [-0.2, -0.15) is 0 Å². The van der Waals surface area contributed by atoms with Crippen molar-refractivity contribution in [3.8, 4) is 22.9 Å². The predicted molar refractivity (Wildman–Crippen MR) is 79.4 cm³/mol. The maximum absolute atomic E-state index is 5.41. The van der Waals surface area contributed by atoms with Crippen LogP contribution in [0.25, 0.3) is 22.4 Å². The zero-order valence-electron chi connectivity index (χ0n) is 11.7. The number of aromatic amines is 1. The summed E-state index contributed by atoms with van der Waals surface area (Å²) in [4.78, 5) is 7.93. The van der Waals surface area contributed by atoms with E-state index >= 15 is 0 Å². The third-order valence-corrected chi connectivity index (χ3v) is 3.30. The number of benzene rings is 2. The molecule has 0 atom stereocenters. The maximum Gasteiger partial charge on any atom is 0.142 e. The monoisotopic (exact) mass is 268 g/mol. The summed E-state index contributed by atoms with van der Waals surface area (Å²) in [5.41, 5.74) is 3.98. The zero-order chi connectivity index (χ0) is 14.1. The van der Waals surface area contributed by atoms with Crippen LogP contribution in [0.5, 0.6) is 11.5 Å². The molecule has 4 nitrogen and oxygen atoms in total. The largest absolute Gasteiger partial charge is 0.497 e. The summed E-state index contributed by atoms with van der Waals surface area (Å²) in [5, 5.41) is 0. The molecule has 1 N–H and O–H groups in total. The van der Waals surface area contributed by atoms with Gasteiger partial charge in [-0.05, 0) is 31.2 Å². The van der Waals surface area contributed by atoms with Gasteiger partial charge in [0.1, 0.15) is 17.3 Å². The fourth-order valence-corrected chi connectivity index (χ4v) is 2.25. The van der Waals surface area contributed by atoms with Crippen LogP contribution in [0.4, 0.5) is 0 Å². The number of fused-ring (bicyclic) bond motifs is 1. The van der Waals surface area contributed by atoms with E-state index in [0.29, 0.717) is 0 Å². The smallest absolute Gasteiger partial charge is 0.142 e. The average Bonchev–Trinajstić information content (AvgIpc) is 2.89. The molecule has 1 aromatic heterocycles. The lowest BCUT2D eigenvalue weighted by Gasteiger charge is -2.06. The summed E-state index contributed by atoms with van der Waals surface area (Å²) in [7, 11) is 3.32. The Morgan fingerprint density at radius 3 is 2.60 bits per heavy atom. The van der Waals surface area contributed by atoms with Gasteiger partial charge in [0.25, 0.3) is 0 Å². The zero-order valence-corrected chi connectivity index (χ0v) is 11.7. The normalized spacial score (nSPS) is 10.8. The standard InChI is InChI=1S/C16H16N2O2/c1-10-4-7-15(20-3)12(8-10)16-17-13-6-5-11(19-2)9-14(13)18-16/h4-9H,1-3H3,(H,17,18). The van der Waals surface area contributed by atoms with E-state index in [-0.39, 0.29) is 0 Å². The van der Waals surface area contributed by atoms with Crippen molar-refractivity contribution in [2.24, 2.45) is 0 Å². The lowest BCUT2D eigenvalue weighted by molar-refractivity contribution is 0.415. The highest BCUT2D eigenvalue weighted by molar-refractivity contribution is 5.82.